The van der Waals surface area contributed by atoms with E-state index in [2.05, 4.69) is 5.32 Å². The van der Waals surface area contributed by atoms with E-state index in [-0.39, 0.29) is 36.6 Å². The Kier molecular flexibility index (Phi) is 6.39. The van der Waals surface area contributed by atoms with Crippen molar-refractivity contribution in [1.29, 1.82) is 0 Å². The van der Waals surface area contributed by atoms with Gasteiger partial charge in [-0.3, -0.25) is 19.7 Å². The summed E-state index contributed by atoms with van der Waals surface area (Å²) >= 11 is 0. The zero-order chi connectivity index (χ0) is 23.8. The van der Waals surface area contributed by atoms with Crippen molar-refractivity contribution < 1.29 is 27.7 Å². The van der Waals surface area contributed by atoms with Crippen LogP contribution in [0.3, 0.4) is 0 Å². The molecule has 1 N–H and O–H groups in total. The van der Waals surface area contributed by atoms with Crippen molar-refractivity contribution in [2.24, 2.45) is 5.92 Å². The SMILES string of the molecule is Cc1cc(C)c(C2C(=O)CC(CCNc3ccc([N+](=O)[O-])cc3C(F)(F)F)C2=O)c(C)c1. The van der Waals surface area contributed by atoms with Gasteiger partial charge in [0.25, 0.3) is 5.69 Å². The van der Waals surface area contributed by atoms with Crippen molar-refractivity contribution in [2.45, 2.75) is 45.7 Å². The van der Waals surface area contributed by atoms with Crippen molar-refractivity contribution >= 4 is 22.9 Å². The highest BCUT2D eigenvalue weighted by molar-refractivity contribution is 6.15. The Labute approximate surface area is 183 Å². The number of nitrogens with zero attached hydrogens (tertiary/aromatic N) is 1. The maximum Gasteiger partial charge on any atom is 0.418 e. The van der Waals surface area contributed by atoms with E-state index >= 15 is 0 Å². The molecule has 1 aliphatic carbocycles. The van der Waals surface area contributed by atoms with Crippen LogP contribution in [0.5, 0.6) is 0 Å². The molecule has 0 radical (unpaired) electrons. The van der Waals surface area contributed by atoms with Gasteiger partial charge in [-0.2, -0.15) is 13.2 Å². The molecule has 1 saturated carbocycles. The number of benzene rings is 2. The first-order chi connectivity index (χ1) is 14.9. The Hall–Kier alpha value is -3.23. The maximum atomic E-state index is 13.3. The number of carbonyl (C=O) groups excluding carboxylic acids is 2. The second-order valence-corrected chi connectivity index (χ2v) is 8.22. The van der Waals surface area contributed by atoms with Crippen LogP contribution in [-0.4, -0.2) is 23.0 Å². The summed E-state index contributed by atoms with van der Waals surface area (Å²) in [5, 5.41) is 13.4. The second-order valence-electron chi connectivity index (χ2n) is 8.22. The molecule has 3 rings (SSSR count). The zero-order valence-corrected chi connectivity index (χ0v) is 17.9. The van der Waals surface area contributed by atoms with Gasteiger partial charge in [0.05, 0.1) is 10.5 Å². The summed E-state index contributed by atoms with van der Waals surface area (Å²) in [5.74, 6) is -1.83. The molecule has 0 bridgehead atoms. The van der Waals surface area contributed by atoms with Crippen molar-refractivity contribution in [2.75, 3.05) is 11.9 Å². The van der Waals surface area contributed by atoms with E-state index < -0.39 is 34.2 Å². The number of nitro groups is 1. The average molecular weight is 448 g/mol. The van der Waals surface area contributed by atoms with Gasteiger partial charge in [0, 0.05) is 36.7 Å². The number of halogens is 3. The lowest BCUT2D eigenvalue weighted by Crippen LogP contribution is -2.20. The summed E-state index contributed by atoms with van der Waals surface area (Å²) in [6.07, 6.45) is -4.55. The summed E-state index contributed by atoms with van der Waals surface area (Å²) in [6.45, 7) is 5.67. The van der Waals surface area contributed by atoms with Crippen LogP contribution in [0.1, 0.15) is 46.6 Å². The Morgan fingerprint density at radius 2 is 1.72 bits per heavy atom. The van der Waals surface area contributed by atoms with Crippen LogP contribution in [0.4, 0.5) is 24.5 Å². The summed E-state index contributed by atoms with van der Waals surface area (Å²) < 4.78 is 39.9. The molecule has 2 atom stereocenters. The number of carbonyl (C=O) groups is 2. The predicted molar refractivity (Wildman–Crippen MR) is 113 cm³/mol. The molecule has 0 aliphatic heterocycles. The van der Waals surface area contributed by atoms with Gasteiger partial charge in [-0.15, -0.1) is 0 Å². The van der Waals surface area contributed by atoms with Gasteiger partial charge >= 0.3 is 6.18 Å². The maximum absolute atomic E-state index is 13.3. The van der Waals surface area contributed by atoms with Crippen molar-refractivity contribution in [3.8, 4) is 0 Å². The minimum Gasteiger partial charge on any atom is -0.385 e. The third-order valence-corrected chi connectivity index (χ3v) is 5.81. The third-order valence-electron chi connectivity index (χ3n) is 5.81. The molecule has 0 amide bonds. The van der Waals surface area contributed by atoms with Crippen LogP contribution in [0, 0.1) is 36.8 Å². The number of hydrogen-bond acceptors (Lipinski definition) is 5. The fraction of sp³-hybridized carbons (Fsp3) is 0.391. The predicted octanol–water partition coefficient (Wildman–Crippen LogP) is 5.28. The monoisotopic (exact) mass is 448 g/mol. The lowest BCUT2D eigenvalue weighted by Gasteiger charge is -2.17. The van der Waals surface area contributed by atoms with Crippen LogP contribution < -0.4 is 5.32 Å². The number of anilines is 1. The number of nitro benzene ring substituents is 1. The third kappa shape index (κ3) is 4.66. The minimum absolute atomic E-state index is 0.0170. The number of alkyl halides is 3. The van der Waals surface area contributed by atoms with Crippen molar-refractivity contribution in [1.82, 2.24) is 0 Å². The van der Waals surface area contributed by atoms with Gasteiger partial charge in [-0.05, 0) is 49.9 Å². The Balaban J connectivity index is 1.74. The van der Waals surface area contributed by atoms with Crippen LogP contribution in [0.25, 0.3) is 0 Å². The van der Waals surface area contributed by atoms with E-state index in [0.29, 0.717) is 6.07 Å². The molecule has 6 nitrogen and oxygen atoms in total. The van der Waals surface area contributed by atoms with Crippen molar-refractivity contribution in [3.05, 3.63) is 68.3 Å². The molecule has 1 aliphatic rings. The summed E-state index contributed by atoms with van der Waals surface area (Å²) in [6, 6.07) is 6.31. The largest absolute Gasteiger partial charge is 0.418 e. The summed E-state index contributed by atoms with van der Waals surface area (Å²) in [5.41, 5.74) is 1.38. The normalized spacial score (nSPS) is 18.8. The molecule has 32 heavy (non-hydrogen) atoms. The fourth-order valence-electron chi connectivity index (χ4n) is 4.47. The van der Waals surface area contributed by atoms with Gasteiger partial charge in [0.1, 0.15) is 11.7 Å². The number of non-ortho nitro benzene ring substituents is 1. The van der Waals surface area contributed by atoms with Crippen LogP contribution in [-0.2, 0) is 15.8 Å². The van der Waals surface area contributed by atoms with Gasteiger partial charge in [-0.1, -0.05) is 17.7 Å². The molecule has 170 valence electrons. The Morgan fingerprint density at radius 1 is 1.09 bits per heavy atom. The molecule has 0 aromatic heterocycles. The minimum atomic E-state index is -4.78. The average Bonchev–Trinajstić information content (AvgIpc) is 2.94. The molecule has 2 aromatic rings. The quantitative estimate of drug-likeness (QED) is 0.369. The molecule has 0 heterocycles. The van der Waals surface area contributed by atoms with E-state index in [9.17, 15) is 32.9 Å². The number of ketones is 2. The van der Waals surface area contributed by atoms with E-state index in [1.54, 1.807) is 0 Å². The number of nitrogens with one attached hydrogen (secondary N) is 1. The van der Waals surface area contributed by atoms with E-state index in [1.165, 1.54) is 0 Å². The molecule has 0 saturated heterocycles. The lowest BCUT2D eigenvalue weighted by atomic mass is 9.86. The number of aryl methyl sites for hydroxylation is 3. The molecular formula is C23H23F3N2O4. The highest BCUT2D eigenvalue weighted by Crippen LogP contribution is 2.39. The number of hydrogen-bond donors (Lipinski definition) is 1. The van der Waals surface area contributed by atoms with Crippen molar-refractivity contribution in [3.63, 3.8) is 0 Å². The molecule has 9 heteroatoms. The number of Topliss-reactive ketones (excluding diaryl/α,β-unsaturated/α-hetero) is 2. The molecule has 1 fully saturated rings. The van der Waals surface area contributed by atoms with Gasteiger partial charge in [0.15, 0.2) is 5.78 Å². The van der Waals surface area contributed by atoms with E-state index in [0.717, 1.165) is 34.4 Å². The molecule has 2 unspecified atom stereocenters. The lowest BCUT2D eigenvalue weighted by molar-refractivity contribution is -0.385. The van der Waals surface area contributed by atoms with Gasteiger partial charge in [0.2, 0.25) is 0 Å². The van der Waals surface area contributed by atoms with E-state index in [1.807, 2.05) is 32.9 Å². The Bertz CT molecular complexity index is 1070. The van der Waals surface area contributed by atoms with Gasteiger partial charge in [-0.25, -0.2) is 0 Å². The highest BCUT2D eigenvalue weighted by Gasteiger charge is 2.43. The standard InChI is InChI=1S/C23H23F3N2O4/c1-12-8-13(2)20(14(3)9-12)21-19(29)10-15(22(21)30)6-7-27-18-5-4-16(28(31)32)11-17(18)23(24,25)26/h4-5,8-9,11,15,21,27H,6-7,10H2,1-3H3. The zero-order valence-electron chi connectivity index (χ0n) is 17.9. The van der Waals surface area contributed by atoms with E-state index in [4.69, 9.17) is 0 Å². The fourth-order valence-corrected chi connectivity index (χ4v) is 4.47. The molecular weight excluding hydrogens is 425 g/mol. The first-order valence-electron chi connectivity index (χ1n) is 10.1. The summed E-state index contributed by atoms with van der Waals surface area (Å²) in [7, 11) is 0. The first kappa shape index (κ1) is 23.4. The Morgan fingerprint density at radius 3 is 2.28 bits per heavy atom. The van der Waals surface area contributed by atoms with Crippen LogP contribution in [0.15, 0.2) is 30.3 Å². The number of rotatable bonds is 6. The summed E-state index contributed by atoms with van der Waals surface area (Å²) in [4.78, 5) is 35.6. The van der Waals surface area contributed by atoms with Gasteiger partial charge < -0.3 is 5.32 Å². The van der Waals surface area contributed by atoms with Crippen LogP contribution in [0.2, 0.25) is 0 Å². The smallest absolute Gasteiger partial charge is 0.385 e. The second kappa shape index (κ2) is 8.72. The molecule has 2 aromatic carbocycles. The first-order valence-corrected chi connectivity index (χ1v) is 10.1. The highest BCUT2D eigenvalue weighted by atomic mass is 19.4. The van der Waals surface area contributed by atoms with Crippen LogP contribution >= 0.6 is 0 Å². The molecule has 0 spiro atoms. The topological polar surface area (TPSA) is 89.3 Å².